The fourth-order valence-corrected chi connectivity index (χ4v) is 2.76. The zero-order chi connectivity index (χ0) is 12.8. The molecule has 1 aliphatic rings. The van der Waals surface area contributed by atoms with Crippen LogP contribution in [0, 0.1) is 5.92 Å². The lowest BCUT2D eigenvalue weighted by Crippen LogP contribution is -2.53. The van der Waals surface area contributed by atoms with Gasteiger partial charge in [0, 0.05) is 6.04 Å². The van der Waals surface area contributed by atoms with E-state index in [1.807, 2.05) is 13.8 Å². The smallest absolute Gasteiger partial charge is 0.321 e. The van der Waals surface area contributed by atoms with E-state index in [0.29, 0.717) is 6.04 Å². The summed E-state index contributed by atoms with van der Waals surface area (Å²) in [5.41, 5.74) is 0. The molecule has 1 saturated heterocycles. The highest BCUT2D eigenvalue weighted by Crippen LogP contribution is 2.20. The fourth-order valence-electron chi connectivity index (χ4n) is 2.76. The Bertz CT molecular complexity index is 238. The summed E-state index contributed by atoms with van der Waals surface area (Å²) in [4.78, 5) is 13.7. The van der Waals surface area contributed by atoms with E-state index >= 15 is 0 Å². The van der Waals surface area contributed by atoms with Crippen molar-refractivity contribution in [3.8, 4) is 0 Å². The second-order valence-electron chi connectivity index (χ2n) is 5.25. The number of carboxylic acids is 1. The van der Waals surface area contributed by atoms with Crippen molar-refractivity contribution in [2.75, 3.05) is 19.6 Å². The van der Waals surface area contributed by atoms with Gasteiger partial charge in [0.05, 0.1) is 0 Å². The molecule has 0 aromatic carbocycles. The van der Waals surface area contributed by atoms with Crippen molar-refractivity contribution < 1.29 is 9.90 Å². The first-order chi connectivity index (χ1) is 8.07. The summed E-state index contributed by atoms with van der Waals surface area (Å²) in [7, 11) is 0. The summed E-state index contributed by atoms with van der Waals surface area (Å²) in [5.74, 6) is -0.513. The molecule has 0 aromatic heterocycles. The Hall–Kier alpha value is -0.610. The van der Waals surface area contributed by atoms with Gasteiger partial charge in [-0.25, -0.2) is 0 Å². The Morgan fingerprint density at radius 2 is 2.00 bits per heavy atom. The quantitative estimate of drug-likeness (QED) is 0.742. The van der Waals surface area contributed by atoms with E-state index in [0.717, 1.165) is 38.9 Å². The summed E-state index contributed by atoms with van der Waals surface area (Å²) < 4.78 is 0. The molecular weight excluding hydrogens is 216 g/mol. The van der Waals surface area contributed by atoms with Crippen LogP contribution in [-0.2, 0) is 4.79 Å². The highest BCUT2D eigenvalue weighted by atomic mass is 16.4. The summed E-state index contributed by atoms with van der Waals surface area (Å²) in [6, 6.07) is 0.0951. The van der Waals surface area contributed by atoms with Gasteiger partial charge in [0.25, 0.3) is 0 Å². The van der Waals surface area contributed by atoms with Gasteiger partial charge in [-0.15, -0.1) is 0 Å². The number of hydrogen-bond donors (Lipinski definition) is 2. The Balaban J connectivity index is 2.76. The monoisotopic (exact) mass is 242 g/mol. The van der Waals surface area contributed by atoms with Crippen LogP contribution < -0.4 is 5.32 Å². The minimum Gasteiger partial charge on any atom is -0.480 e. The van der Waals surface area contributed by atoms with Gasteiger partial charge in [-0.1, -0.05) is 20.8 Å². The third-order valence-electron chi connectivity index (χ3n) is 3.50. The maximum Gasteiger partial charge on any atom is 0.321 e. The minimum absolute atomic E-state index is 0.161. The van der Waals surface area contributed by atoms with Gasteiger partial charge >= 0.3 is 5.97 Å². The maximum atomic E-state index is 11.4. The summed E-state index contributed by atoms with van der Waals surface area (Å²) in [6.45, 7) is 9.03. The first kappa shape index (κ1) is 14.5. The Kier molecular flexibility index (Phi) is 5.92. The molecule has 1 aliphatic heterocycles. The first-order valence-electron chi connectivity index (χ1n) is 6.77. The van der Waals surface area contributed by atoms with Gasteiger partial charge in [0.2, 0.25) is 0 Å². The highest BCUT2D eigenvalue weighted by molar-refractivity contribution is 5.73. The predicted octanol–water partition coefficient (Wildman–Crippen LogP) is 1.56. The molecule has 1 atom stereocenters. The lowest BCUT2D eigenvalue weighted by Gasteiger charge is -2.39. The molecule has 100 valence electrons. The number of hydrogen-bond acceptors (Lipinski definition) is 3. The Morgan fingerprint density at radius 3 is 2.41 bits per heavy atom. The molecule has 0 bridgehead atoms. The van der Waals surface area contributed by atoms with Crippen molar-refractivity contribution in [3.05, 3.63) is 0 Å². The van der Waals surface area contributed by atoms with E-state index in [-0.39, 0.29) is 12.0 Å². The molecule has 0 amide bonds. The molecule has 1 rings (SSSR count). The molecule has 1 fully saturated rings. The molecule has 1 unspecified atom stereocenters. The van der Waals surface area contributed by atoms with E-state index < -0.39 is 5.97 Å². The highest BCUT2D eigenvalue weighted by Gasteiger charge is 2.33. The molecule has 4 heteroatoms. The normalized spacial score (nSPS) is 19.8. The van der Waals surface area contributed by atoms with Gasteiger partial charge in [0.15, 0.2) is 0 Å². The van der Waals surface area contributed by atoms with Crippen molar-refractivity contribution in [1.82, 2.24) is 10.2 Å². The standard InChI is InChI=1S/C13H26N2O2/c1-4-9-15(11-5-7-14-8-6-11)12(10(2)3)13(16)17/h10-12,14H,4-9H2,1-3H3,(H,16,17). The maximum absolute atomic E-state index is 11.4. The van der Waals surface area contributed by atoms with Crippen molar-refractivity contribution in [2.24, 2.45) is 5.92 Å². The Labute approximate surface area is 104 Å². The second kappa shape index (κ2) is 6.97. The van der Waals surface area contributed by atoms with Gasteiger partial charge < -0.3 is 10.4 Å². The number of carbonyl (C=O) groups is 1. The summed E-state index contributed by atoms with van der Waals surface area (Å²) in [5, 5.41) is 12.7. The van der Waals surface area contributed by atoms with Crippen molar-refractivity contribution in [3.63, 3.8) is 0 Å². The van der Waals surface area contributed by atoms with Crippen LogP contribution in [0.3, 0.4) is 0 Å². The van der Waals surface area contributed by atoms with Crippen molar-refractivity contribution >= 4 is 5.97 Å². The second-order valence-corrected chi connectivity index (χ2v) is 5.25. The molecule has 0 aliphatic carbocycles. The lowest BCUT2D eigenvalue weighted by atomic mass is 9.96. The van der Waals surface area contributed by atoms with Gasteiger partial charge in [-0.3, -0.25) is 9.69 Å². The average molecular weight is 242 g/mol. The van der Waals surface area contributed by atoms with Crippen LogP contribution in [0.5, 0.6) is 0 Å². The molecule has 2 N–H and O–H groups in total. The molecule has 0 saturated carbocycles. The van der Waals surface area contributed by atoms with Crippen molar-refractivity contribution in [2.45, 2.75) is 52.1 Å². The topological polar surface area (TPSA) is 52.6 Å². The number of rotatable bonds is 6. The number of nitrogens with one attached hydrogen (secondary N) is 1. The number of piperidine rings is 1. The molecule has 17 heavy (non-hydrogen) atoms. The Morgan fingerprint density at radius 1 is 1.41 bits per heavy atom. The summed E-state index contributed by atoms with van der Waals surface area (Å²) in [6.07, 6.45) is 3.15. The van der Waals surface area contributed by atoms with Gasteiger partial charge in [-0.2, -0.15) is 0 Å². The third kappa shape index (κ3) is 3.96. The zero-order valence-electron chi connectivity index (χ0n) is 11.3. The number of aliphatic carboxylic acids is 1. The van der Waals surface area contributed by atoms with Crippen LogP contribution >= 0.6 is 0 Å². The van der Waals surface area contributed by atoms with Crippen LogP contribution in [0.25, 0.3) is 0 Å². The molecule has 0 spiro atoms. The largest absolute Gasteiger partial charge is 0.480 e. The molecule has 1 heterocycles. The minimum atomic E-state index is -0.674. The summed E-state index contributed by atoms with van der Waals surface area (Å²) >= 11 is 0. The predicted molar refractivity (Wildman–Crippen MR) is 69.2 cm³/mol. The molecule has 0 radical (unpaired) electrons. The zero-order valence-corrected chi connectivity index (χ0v) is 11.3. The fraction of sp³-hybridized carbons (Fsp3) is 0.923. The SMILES string of the molecule is CCCN(C1CCNCC1)C(C(=O)O)C(C)C. The third-order valence-corrected chi connectivity index (χ3v) is 3.50. The van der Waals surface area contributed by atoms with Gasteiger partial charge in [0.1, 0.15) is 6.04 Å². The van der Waals surface area contributed by atoms with E-state index in [1.54, 1.807) is 0 Å². The van der Waals surface area contributed by atoms with Crippen LogP contribution in [-0.4, -0.2) is 47.7 Å². The van der Waals surface area contributed by atoms with Crippen LogP contribution in [0.1, 0.15) is 40.0 Å². The van der Waals surface area contributed by atoms with Crippen molar-refractivity contribution in [1.29, 1.82) is 0 Å². The van der Waals surface area contributed by atoms with E-state index in [4.69, 9.17) is 0 Å². The van der Waals surface area contributed by atoms with E-state index in [1.165, 1.54) is 0 Å². The lowest BCUT2D eigenvalue weighted by molar-refractivity contribution is -0.146. The first-order valence-corrected chi connectivity index (χ1v) is 6.77. The molecule has 4 nitrogen and oxygen atoms in total. The molecular formula is C13H26N2O2. The van der Waals surface area contributed by atoms with Crippen LogP contribution in [0.4, 0.5) is 0 Å². The number of carboxylic acid groups (broad SMARTS) is 1. The van der Waals surface area contributed by atoms with Crippen LogP contribution in [0.2, 0.25) is 0 Å². The van der Waals surface area contributed by atoms with Crippen LogP contribution in [0.15, 0.2) is 0 Å². The average Bonchev–Trinajstić information content (AvgIpc) is 2.28. The molecule has 0 aromatic rings. The van der Waals surface area contributed by atoms with Gasteiger partial charge in [-0.05, 0) is 44.8 Å². The van der Waals surface area contributed by atoms with E-state index in [2.05, 4.69) is 17.1 Å². The van der Waals surface area contributed by atoms with E-state index in [9.17, 15) is 9.90 Å². The number of nitrogens with zero attached hydrogens (tertiary/aromatic N) is 1.